The predicted molar refractivity (Wildman–Crippen MR) is 111 cm³/mol. The Balaban J connectivity index is 1.86. The van der Waals surface area contributed by atoms with Gasteiger partial charge in [0, 0.05) is 30.9 Å². The van der Waals surface area contributed by atoms with Gasteiger partial charge in [0.15, 0.2) is 0 Å². The van der Waals surface area contributed by atoms with E-state index in [1.807, 2.05) is 25.1 Å². The molecule has 1 atom stereocenters. The lowest BCUT2D eigenvalue weighted by molar-refractivity contribution is -0.120. The van der Waals surface area contributed by atoms with Crippen molar-refractivity contribution in [2.24, 2.45) is 4.99 Å². The highest BCUT2D eigenvalue weighted by Gasteiger charge is 2.26. The van der Waals surface area contributed by atoms with Crippen LogP contribution in [0.25, 0.3) is 0 Å². The average molecular weight is 396 g/mol. The van der Waals surface area contributed by atoms with E-state index in [9.17, 15) is 9.59 Å². The van der Waals surface area contributed by atoms with Gasteiger partial charge in [0.2, 0.25) is 11.9 Å². The van der Waals surface area contributed by atoms with Gasteiger partial charge in [-0.3, -0.25) is 20.2 Å². The Morgan fingerprint density at radius 1 is 1.17 bits per heavy atom. The quantitative estimate of drug-likeness (QED) is 0.808. The summed E-state index contributed by atoms with van der Waals surface area (Å²) in [6, 6.07) is 12.0. The molecule has 0 aliphatic carbocycles. The third-order valence-corrected chi connectivity index (χ3v) is 4.57. The first-order valence-electron chi connectivity index (χ1n) is 9.09. The summed E-state index contributed by atoms with van der Waals surface area (Å²) in [6.45, 7) is 0. The van der Waals surface area contributed by atoms with Crippen LogP contribution in [0.1, 0.15) is 28.4 Å². The highest BCUT2D eigenvalue weighted by Crippen LogP contribution is 2.34. The molecule has 3 rings (SSSR count). The van der Waals surface area contributed by atoms with E-state index in [-0.39, 0.29) is 24.2 Å². The molecule has 0 radical (unpaired) electrons. The van der Waals surface area contributed by atoms with Crippen LogP contribution < -0.4 is 25.0 Å². The normalized spacial score (nSPS) is 15.8. The van der Waals surface area contributed by atoms with E-state index in [0.717, 1.165) is 5.69 Å². The Kier molecular flexibility index (Phi) is 6.01. The van der Waals surface area contributed by atoms with Crippen molar-refractivity contribution < 1.29 is 19.1 Å². The van der Waals surface area contributed by atoms with Crippen LogP contribution >= 0.6 is 0 Å². The molecule has 29 heavy (non-hydrogen) atoms. The minimum Gasteiger partial charge on any atom is -0.497 e. The van der Waals surface area contributed by atoms with Crippen LogP contribution in [0.3, 0.4) is 0 Å². The molecule has 1 aliphatic rings. The van der Waals surface area contributed by atoms with E-state index < -0.39 is 6.04 Å². The van der Waals surface area contributed by atoms with E-state index in [4.69, 9.17) is 9.47 Å². The van der Waals surface area contributed by atoms with Crippen LogP contribution in [-0.2, 0) is 4.79 Å². The summed E-state index contributed by atoms with van der Waals surface area (Å²) >= 11 is 0. The van der Waals surface area contributed by atoms with Crippen molar-refractivity contribution in [2.45, 2.75) is 12.5 Å². The fourth-order valence-corrected chi connectivity index (χ4v) is 3.04. The van der Waals surface area contributed by atoms with E-state index in [1.165, 1.54) is 0 Å². The maximum atomic E-state index is 12.7. The molecule has 0 saturated carbocycles. The number of nitrogens with one attached hydrogen (secondary N) is 2. The monoisotopic (exact) mass is 396 g/mol. The minimum absolute atomic E-state index is 0.108. The molecular weight excluding hydrogens is 372 g/mol. The predicted octanol–water partition coefficient (Wildman–Crippen LogP) is 2.12. The first-order chi connectivity index (χ1) is 13.9. The standard InChI is InChI=1S/C21H24N4O4/c1-25(2)14-7-5-6-13(10-14)20(27)24-21-22-17(12-19(26)23-21)16-11-15(28-3)8-9-18(16)29-4/h5-11,17H,12H2,1-4H3,(H2,22,23,24,26,27)/t17-/m1/s1. The Bertz CT molecular complexity index is 955. The summed E-state index contributed by atoms with van der Waals surface area (Å²) in [4.78, 5) is 31.3. The Hall–Kier alpha value is -3.55. The molecule has 0 unspecified atom stereocenters. The van der Waals surface area contributed by atoms with Crippen molar-refractivity contribution >= 4 is 23.5 Å². The molecule has 2 amide bonds. The van der Waals surface area contributed by atoms with Crippen LogP contribution in [0.2, 0.25) is 0 Å². The van der Waals surface area contributed by atoms with Crippen molar-refractivity contribution in [1.82, 2.24) is 10.6 Å². The number of guanidine groups is 1. The summed E-state index contributed by atoms with van der Waals surface area (Å²) in [6.07, 6.45) is 0.138. The molecule has 152 valence electrons. The van der Waals surface area contributed by atoms with Gasteiger partial charge in [-0.05, 0) is 36.4 Å². The van der Waals surface area contributed by atoms with Crippen LogP contribution in [-0.4, -0.2) is 46.1 Å². The van der Waals surface area contributed by atoms with Gasteiger partial charge < -0.3 is 14.4 Å². The van der Waals surface area contributed by atoms with Crippen LogP contribution in [0.15, 0.2) is 47.5 Å². The van der Waals surface area contributed by atoms with E-state index in [0.29, 0.717) is 22.6 Å². The lowest BCUT2D eigenvalue weighted by Crippen LogP contribution is -2.47. The first kappa shape index (κ1) is 20.2. The second-order valence-corrected chi connectivity index (χ2v) is 6.75. The summed E-state index contributed by atoms with van der Waals surface area (Å²) in [5.74, 6) is 0.737. The van der Waals surface area contributed by atoms with Gasteiger partial charge in [0.05, 0.1) is 26.7 Å². The van der Waals surface area contributed by atoms with Gasteiger partial charge in [0.1, 0.15) is 11.5 Å². The molecule has 0 aromatic heterocycles. The molecule has 1 heterocycles. The minimum atomic E-state index is -0.503. The zero-order chi connectivity index (χ0) is 21.0. The van der Waals surface area contributed by atoms with Crippen LogP contribution in [0.5, 0.6) is 11.5 Å². The highest BCUT2D eigenvalue weighted by molar-refractivity contribution is 6.10. The number of anilines is 1. The summed E-state index contributed by atoms with van der Waals surface area (Å²) in [5.41, 5.74) is 2.07. The molecule has 0 bridgehead atoms. The topological polar surface area (TPSA) is 92.3 Å². The third kappa shape index (κ3) is 4.66. The lowest BCUT2D eigenvalue weighted by atomic mass is 10.0. The maximum Gasteiger partial charge on any atom is 0.258 e. The number of ether oxygens (including phenoxy) is 2. The number of amides is 2. The second kappa shape index (κ2) is 8.64. The van der Waals surface area contributed by atoms with Crippen molar-refractivity contribution in [1.29, 1.82) is 0 Å². The maximum absolute atomic E-state index is 12.7. The fraction of sp³-hybridized carbons (Fsp3) is 0.286. The number of hydrogen-bond donors (Lipinski definition) is 2. The number of methoxy groups -OCH3 is 2. The number of carbonyl (C=O) groups excluding carboxylic acids is 2. The zero-order valence-electron chi connectivity index (χ0n) is 16.9. The van der Waals surface area contributed by atoms with Crippen molar-refractivity contribution in [3.63, 3.8) is 0 Å². The van der Waals surface area contributed by atoms with Gasteiger partial charge in [-0.2, -0.15) is 0 Å². The number of rotatable bonds is 5. The van der Waals surface area contributed by atoms with Crippen LogP contribution in [0, 0.1) is 0 Å². The molecule has 1 aliphatic heterocycles. The van der Waals surface area contributed by atoms with Gasteiger partial charge in [-0.25, -0.2) is 4.99 Å². The molecular formula is C21H24N4O4. The summed E-state index contributed by atoms with van der Waals surface area (Å²) < 4.78 is 10.7. The molecule has 0 saturated heterocycles. The van der Waals surface area contributed by atoms with E-state index >= 15 is 0 Å². The largest absolute Gasteiger partial charge is 0.497 e. The molecule has 2 aromatic carbocycles. The van der Waals surface area contributed by atoms with E-state index in [1.54, 1.807) is 50.6 Å². The Labute approximate surface area is 169 Å². The first-order valence-corrected chi connectivity index (χ1v) is 9.09. The summed E-state index contributed by atoms with van der Waals surface area (Å²) in [5, 5.41) is 5.30. The highest BCUT2D eigenvalue weighted by atomic mass is 16.5. The number of aliphatic imine (C=N–C) groups is 1. The average Bonchev–Trinajstić information content (AvgIpc) is 2.72. The number of hydrogen-bond acceptors (Lipinski definition) is 6. The Morgan fingerprint density at radius 3 is 2.66 bits per heavy atom. The van der Waals surface area contributed by atoms with Crippen molar-refractivity contribution in [3.8, 4) is 11.5 Å². The molecule has 2 N–H and O–H groups in total. The molecule has 2 aromatic rings. The smallest absolute Gasteiger partial charge is 0.258 e. The number of benzene rings is 2. The molecule has 8 heteroatoms. The van der Waals surface area contributed by atoms with Crippen LogP contribution in [0.4, 0.5) is 5.69 Å². The third-order valence-electron chi connectivity index (χ3n) is 4.57. The van der Waals surface area contributed by atoms with Crippen molar-refractivity contribution in [2.75, 3.05) is 33.2 Å². The second-order valence-electron chi connectivity index (χ2n) is 6.75. The lowest BCUT2D eigenvalue weighted by Gasteiger charge is -2.23. The van der Waals surface area contributed by atoms with Gasteiger partial charge >= 0.3 is 0 Å². The number of nitrogens with zero attached hydrogens (tertiary/aromatic N) is 2. The van der Waals surface area contributed by atoms with Gasteiger partial charge in [-0.15, -0.1) is 0 Å². The number of carbonyl (C=O) groups is 2. The Morgan fingerprint density at radius 2 is 1.97 bits per heavy atom. The van der Waals surface area contributed by atoms with Crippen molar-refractivity contribution in [3.05, 3.63) is 53.6 Å². The SMILES string of the molecule is COc1ccc(OC)c([C@H]2CC(=O)NC(NC(=O)c3cccc(N(C)C)c3)=N2)c1. The molecule has 8 nitrogen and oxygen atoms in total. The molecule has 0 fully saturated rings. The van der Waals surface area contributed by atoms with Gasteiger partial charge in [0.25, 0.3) is 5.91 Å². The molecule has 0 spiro atoms. The van der Waals surface area contributed by atoms with E-state index in [2.05, 4.69) is 15.6 Å². The summed E-state index contributed by atoms with van der Waals surface area (Å²) in [7, 11) is 6.91. The zero-order valence-corrected chi connectivity index (χ0v) is 16.9. The fourth-order valence-electron chi connectivity index (χ4n) is 3.04. The van der Waals surface area contributed by atoms with Gasteiger partial charge in [-0.1, -0.05) is 6.07 Å².